The predicted octanol–water partition coefficient (Wildman–Crippen LogP) is 14.0. The van der Waals surface area contributed by atoms with E-state index in [2.05, 4.69) is 145 Å². The minimum atomic E-state index is -0.104. The number of amidine groups is 1. The van der Waals surface area contributed by atoms with Gasteiger partial charge in [-0.05, 0) is 165 Å². The highest BCUT2D eigenvalue weighted by atomic mass is 15.2. The quantitative estimate of drug-likeness (QED) is 0.177. The second-order valence-electron chi connectivity index (χ2n) is 16.0. The first-order valence-electron chi connectivity index (χ1n) is 20.5. The number of hydrogen-bond donors (Lipinski definition) is 0. The molecule has 2 heteroatoms. The lowest BCUT2D eigenvalue weighted by molar-refractivity contribution is 0.591. The summed E-state index contributed by atoms with van der Waals surface area (Å²) in [6.07, 6.45) is 18.1. The summed E-state index contributed by atoms with van der Waals surface area (Å²) < 4.78 is 0. The van der Waals surface area contributed by atoms with Crippen LogP contribution in [0.3, 0.4) is 0 Å². The van der Waals surface area contributed by atoms with Crippen LogP contribution in [0.4, 0.5) is 5.69 Å². The van der Waals surface area contributed by atoms with Gasteiger partial charge in [0.2, 0.25) is 0 Å². The number of nitrogens with zero attached hydrogens (tertiary/aromatic N) is 2. The van der Waals surface area contributed by atoms with E-state index in [4.69, 9.17) is 4.99 Å². The van der Waals surface area contributed by atoms with E-state index in [0.717, 1.165) is 28.3 Å². The first kappa shape index (κ1) is 33.1. The Labute approximate surface area is 330 Å². The predicted molar refractivity (Wildman–Crippen MR) is 236 cm³/mol. The highest BCUT2D eigenvalue weighted by molar-refractivity contribution is 6.13. The van der Waals surface area contributed by atoms with Gasteiger partial charge in [0.25, 0.3) is 0 Å². The summed E-state index contributed by atoms with van der Waals surface area (Å²) in [6.45, 7) is 4.24. The lowest BCUT2D eigenvalue weighted by Gasteiger charge is -2.37. The minimum Gasteiger partial charge on any atom is -0.301 e. The Balaban J connectivity index is 1.05. The van der Waals surface area contributed by atoms with Crippen molar-refractivity contribution in [2.75, 3.05) is 4.90 Å². The highest BCUT2D eigenvalue weighted by Gasteiger charge is 2.54. The van der Waals surface area contributed by atoms with E-state index in [1.54, 1.807) is 27.9 Å². The second-order valence-corrected chi connectivity index (χ2v) is 16.0. The Morgan fingerprint density at radius 3 is 1.86 bits per heavy atom. The molecule has 1 aliphatic heterocycles. The summed E-state index contributed by atoms with van der Waals surface area (Å²) in [4.78, 5) is 7.19. The zero-order valence-corrected chi connectivity index (χ0v) is 31.8. The van der Waals surface area contributed by atoms with E-state index >= 15 is 0 Å². The fourth-order valence-electron chi connectivity index (χ4n) is 10.8. The number of hydrogen-bond acceptors (Lipinski definition) is 2. The molecule has 1 spiro atoms. The minimum absolute atomic E-state index is 0.104. The van der Waals surface area contributed by atoms with Crippen LogP contribution in [-0.4, -0.2) is 5.84 Å². The molecule has 1 unspecified atom stereocenters. The molecule has 56 heavy (non-hydrogen) atoms. The summed E-state index contributed by atoms with van der Waals surface area (Å²) in [5.41, 5.74) is 20.5. The van der Waals surface area contributed by atoms with Gasteiger partial charge in [-0.15, -0.1) is 0 Å². The highest BCUT2D eigenvalue weighted by Crippen LogP contribution is 2.66. The molecule has 0 N–H and O–H groups in total. The third-order valence-corrected chi connectivity index (χ3v) is 13.1. The van der Waals surface area contributed by atoms with Crippen LogP contribution in [0.15, 0.2) is 186 Å². The van der Waals surface area contributed by atoms with E-state index in [9.17, 15) is 0 Å². The normalized spacial score (nSPS) is 21.0. The summed E-state index contributed by atoms with van der Waals surface area (Å²) in [5, 5.41) is 2.53. The Kier molecular flexibility index (Phi) is 7.81. The summed E-state index contributed by atoms with van der Waals surface area (Å²) in [5.74, 6) is 0.845. The maximum absolute atomic E-state index is 5.04. The van der Waals surface area contributed by atoms with Gasteiger partial charge in [0.05, 0.1) is 11.1 Å². The summed E-state index contributed by atoms with van der Waals surface area (Å²) in [6, 6.07) is 49.9. The van der Waals surface area contributed by atoms with E-state index in [0.29, 0.717) is 0 Å². The summed E-state index contributed by atoms with van der Waals surface area (Å²) >= 11 is 0. The molecule has 0 fully saturated rings. The average Bonchev–Trinajstić information content (AvgIpc) is 3.72. The number of anilines is 1. The number of para-hydroxylation sites is 1. The van der Waals surface area contributed by atoms with Gasteiger partial charge in [-0.1, -0.05) is 122 Å². The number of aliphatic imine (C=N–C) groups is 1. The molecule has 0 saturated heterocycles. The molecule has 1 atom stereocenters. The lowest BCUT2D eigenvalue weighted by atomic mass is 9.65. The maximum Gasteiger partial charge on any atom is 0.145 e. The van der Waals surface area contributed by atoms with Crippen molar-refractivity contribution in [3.8, 4) is 22.3 Å². The molecule has 5 aliphatic rings. The van der Waals surface area contributed by atoms with Crippen LogP contribution >= 0.6 is 0 Å². The van der Waals surface area contributed by atoms with Crippen LogP contribution in [0.25, 0.3) is 44.2 Å². The van der Waals surface area contributed by atoms with Crippen molar-refractivity contribution < 1.29 is 0 Å². The van der Waals surface area contributed by atoms with Crippen LogP contribution in [0.2, 0.25) is 0 Å². The van der Waals surface area contributed by atoms with Crippen LogP contribution in [0.5, 0.6) is 0 Å². The van der Waals surface area contributed by atoms with Gasteiger partial charge >= 0.3 is 0 Å². The van der Waals surface area contributed by atoms with Crippen LogP contribution in [-0.2, 0) is 5.41 Å². The Morgan fingerprint density at radius 1 is 0.500 bits per heavy atom. The van der Waals surface area contributed by atoms with Crippen molar-refractivity contribution in [3.05, 3.63) is 209 Å². The van der Waals surface area contributed by atoms with Crippen molar-refractivity contribution in [2.45, 2.75) is 56.8 Å². The van der Waals surface area contributed by atoms with Crippen LogP contribution in [0.1, 0.15) is 79.2 Å². The SMILES string of the molecule is C=C1/C=C\C=C/N(c2ccccc2)C(c2cccc(-c3ccc(-c4ccc5c(c4)C4(C6=C(CCCC6)c6ccccc64)C4=C5CCCC4)c4ccccc34)c2)=N1. The summed E-state index contributed by atoms with van der Waals surface area (Å²) in [7, 11) is 0. The Morgan fingerprint density at radius 2 is 1.11 bits per heavy atom. The van der Waals surface area contributed by atoms with E-state index in [1.807, 2.05) is 24.3 Å². The largest absolute Gasteiger partial charge is 0.301 e. The third kappa shape index (κ3) is 4.98. The number of rotatable bonds is 4. The van der Waals surface area contributed by atoms with Crippen molar-refractivity contribution >= 4 is 33.4 Å². The van der Waals surface area contributed by atoms with E-state index < -0.39 is 0 Å². The smallest absolute Gasteiger partial charge is 0.145 e. The molecule has 0 amide bonds. The van der Waals surface area contributed by atoms with Crippen molar-refractivity contribution in [1.82, 2.24) is 0 Å². The van der Waals surface area contributed by atoms with Crippen LogP contribution < -0.4 is 4.90 Å². The van der Waals surface area contributed by atoms with Gasteiger partial charge < -0.3 is 4.90 Å². The van der Waals surface area contributed by atoms with Gasteiger partial charge in [0.1, 0.15) is 5.84 Å². The van der Waals surface area contributed by atoms with E-state index in [1.165, 1.54) is 95.5 Å². The third-order valence-electron chi connectivity index (χ3n) is 13.1. The first-order chi connectivity index (χ1) is 27.7. The maximum atomic E-state index is 5.04. The van der Waals surface area contributed by atoms with Gasteiger partial charge in [0.15, 0.2) is 0 Å². The lowest BCUT2D eigenvalue weighted by Crippen LogP contribution is -2.30. The monoisotopic (exact) mass is 720 g/mol. The molecular formula is C54H44N2. The van der Waals surface area contributed by atoms with E-state index in [-0.39, 0.29) is 5.41 Å². The topological polar surface area (TPSA) is 15.6 Å². The molecular weight excluding hydrogens is 677 g/mol. The Bertz CT molecular complexity index is 2760. The fourth-order valence-corrected chi connectivity index (χ4v) is 10.8. The molecule has 0 aromatic heterocycles. The Hall–Kier alpha value is -6.25. The van der Waals surface area contributed by atoms with Crippen molar-refractivity contribution in [3.63, 3.8) is 0 Å². The zero-order chi connectivity index (χ0) is 37.2. The van der Waals surface area contributed by atoms with Gasteiger partial charge in [0, 0.05) is 17.5 Å². The molecule has 2 nitrogen and oxygen atoms in total. The molecule has 270 valence electrons. The van der Waals surface area contributed by atoms with Gasteiger partial charge in [-0.2, -0.15) is 0 Å². The molecule has 0 bridgehead atoms. The fraction of sp³-hybridized carbons (Fsp3) is 0.167. The van der Waals surface area contributed by atoms with Crippen molar-refractivity contribution in [2.24, 2.45) is 4.99 Å². The molecule has 11 rings (SSSR count). The van der Waals surface area contributed by atoms with Crippen molar-refractivity contribution in [1.29, 1.82) is 0 Å². The molecule has 6 aromatic carbocycles. The average molecular weight is 721 g/mol. The van der Waals surface area contributed by atoms with Gasteiger partial charge in [-0.3, -0.25) is 0 Å². The van der Waals surface area contributed by atoms with Crippen LogP contribution in [0, 0.1) is 0 Å². The molecule has 1 heterocycles. The molecule has 0 saturated carbocycles. The standard InChI is InChI=1S/C54H44N2/c1-36-16-13-14-33-56(40-19-3-2-4-20-40)53(55-36)39-18-15-17-37(34-39)41-31-32-42(44-22-6-5-21-43(41)44)38-29-30-48-47-25-9-12-28-51(47)54(52(48)35-38)49-26-10-7-23-45(49)46-24-8-11-27-50(46)54/h2-7,10,13-23,26,29-35H,1,8-9,11-12,24-25,27-28H2/b16-13-,33-14-,55-53?. The number of benzene rings is 6. The first-order valence-corrected chi connectivity index (χ1v) is 20.5. The molecule has 0 radical (unpaired) electrons. The number of allylic oxidation sites excluding steroid dienone is 7. The second kappa shape index (κ2) is 13.2. The molecule has 4 aliphatic carbocycles. The zero-order valence-electron chi connectivity index (χ0n) is 31.8. The number of fused-ring (bicyclic) bond motifs is 9. The molecule has 6 aromatic rings. The van der Waals surface area contributed by atoms with Gasteiger partial charge in [-0.25, -0.2) is 4.99 Å².